The fraction of sp³-hybridized carbons (Fsp3) is 0.700. The molecule has 0 saturated heterocycles. The second kappa shape index (κ2) is 9.04. The Kier molecular flexibility index (Phi) is 8.55. The number of hydrogen-bond donors (Lipinski definition) is 0. The van der Waals surface area contributed by atoms with Gasteiger partial charge in [-0.15, -0.1) is 0 Å². The third kappa shape index (κ3) is 5.10. The van der Waals surface area contributed by atoms with Crippen molar-refractivity contribution in [3.05, 3.63) is 35.4 Å². The van der Waals surface area contributed by atoms with Crippen molar-refractivity contribution in [3.63, 3.8) is 0 Å². The Morgan fingerprint density at radius 2 is 0.875 bits per heavy atom. The van der Waals surface area contributed by atoms with Crippen molar-refractivity contribution in [1.29, 1.82) is 0 Å². The van der Waals surface area contributed by atoms with Gasteiger partial charge in [0.25, 0.3) is 0 Å². The molecule has 0 fully saturated rings. The molecule has 0 spiro atoms. The van der Waals surface area contributed by atoms with E-state index in [0.29, 0.717) is 22.6 Å². The lowest BCUT2D eigenvalue weighted by atomic mass is 10.1. The van der Waals surface area contributed by atoms with E-state index in [2.05, 4.69) is 79.7 Å². The molecule has 1 aromatic rings. The molecule has 0 aliphatic heterocycles. The second-order valence-corrected chi connectivity index (χ2v) is 20.0. The summed E-state index contributed by atoms with van der Waals surface area (Å²) in [6.45, 7) is 15.2. The lowest BCUT2D eigenvalue weighted by Gasteiger charge is -2.30. The molecule has 0 aromatic heterocycles. The molecule has 0 aliphatic rings. The summed E-state index contributed by atoms with van der Waals surface area (Å²) in [6.07, 6.45) is 2.04. The largest absolute Gasteiger partial charge is 0.123 e. The molecule has 0 aliphatic carbocycles. The molecule has 1 aromatic carbocycles. The van der Waals surface area contributed by atoms with E-state index in [1.165, 1.54) is 11.1 Å². The second-order valence-electron chi connectivity index (χ2n) is 8.12. The highest BCUT2D eigenvalue weighted by Crippen LogP contribution is 2.75. The zero-order valence-corrected chi connectivity index (χ0v) is 20.0. The van der Waals surface area contributed by atoms with Gasteiger partial charge in [-0.3, -0.25) is 0 Å². The van der Waals surface area contributed by atoms with Gasteiger partial charge in [-0.25, -0.2) is 0 Å². The summed E-state index contributed by atoms with van der Waals surface area (Å²) in [5, 5.41) is 0. The lowest BCUT2D eigenvalue weighted by Crippen LogP contribution is -2.16. The summed E-state index contributed by atoms with van der Waals surface area (Å²) in [4.78, 5) is 0. The number of hydrogen-bond acceptors (Lipinski definition) is 0. The van der Waals surface area contributed by atoms with Crippen LogP contribution in [0.25, 0.3) is 0 Å². The molecule has 24 heavy (non-hydrogen) atoms. The average molecular weight is 409 g/mol. The highest BCUT2D eigenvalue weighted by atomic mass is 35.7. The Morgan fingerprint density at radius 1 is 0.625 bits per heavy atom. The molecule has 0 amide bonds. The van der Waals surface area contributed by atoms with Gasteiger partial charge >= 0.3 is 0 Å². The Balaban J connectivity index is 3.22. The van der Waals surface area contributed by atoms with Crippen molar-refractivity contribution < 1.29 is 0 Å². The predicted octanol–water partition coefficient (Wildman–Crippen LogP) is 8.66. The van der Waals surface area contributed by atoms with Crippen LogP contribution in [0, 0.1) is 0 Å². The van der Waals surface area contributed by atoms with E-state index in [-0.39, 0.29) is 0 Å². The summed E-state index contributed by atoms with van der Waals surface area (Å²) in [5.74, 6) is 0. The number of benzene rings is 1. The maximum Gasteiger partial charge on any atom is 0.123 e. The Labute approximate surface area is 161 Å². The van der Waals surface area contributed by atoms with E-state index in [1.54, 1.807) is 0 Å². The molecule has 1 rings (SSSR count). The molecule has 0 unspecified atom stereocenters. The van der Waals surface area contributed by atoms with Crippen LogP contribution in [0.5, 0.6) is 0 Å². The van der Waals surface area contributed by atoms with Crippen LogP contribution in [0.4, 0.5) is 0 Å². The summed E-state index contributed by atoms with van der Waals surface area (Å²) in [5.41, 5.74) is 5.01. The third-order valence-corrected chi connectivity index (χ3v) is 19.3. The maximum absolute atomic E-state index is 7.20. The highest BCUT2D eigenvalue weighted by molar-refractivity contribution is 7.99. The van der Waals surface area contributed by atoms with E-state index >= 15 is 0 Å². The van der Waals surface area contributed by atoms with Crippen molar-refractivity contribution in [2.45, 2.75) is 90.3 Å². The third-order valence-electron chi connectivity index (χ3n) is 5.38. The van der Waals surface area contributed by atoms with E-state index in [4.69, 9.17) is 22.5 Å². The van der Waals surface area contributed by atoms with Gasteiger partial charge in [0.05, 0.1) is 45.1 Å². The maximum atomic E-state index is 7.20. The Hall–Kier alpha value is 0.660. The first-order valence-electron chi connectivity index (χ1n) is 9.16. The summed E-state index contributed by atoms with van der Waals surface area (Å²) in [7, 11) is 0. The van der Waals surface area contributed by atoms with Crippen LogP contribution >= 0.6 is 35.7 Å². The molecule has 0 radical (unpaired) electrons. The van der Waals surface area contributed by atoms with Crippen molar-refractivity contribution >= 4 is 35.7 Å². The molecule has 0 saturated carbocycles. The molecule has 0 N–H and O–H groups in total. The van der Waals surface area contributed by atoms with E-state index in [1.807, 2.05) is 0 Å². The molecular weight excluding hydrogens is 373 g/mol. The molecule has 0 atom stereocenters. The smallest absolute Gasteiger partial charge is 0.0618 e. The van der Waals surface area contributed by atoms with Crippen molar-refractivity contribution in [1.82, 2.24) is 0 Å². The number of rotatable bonds is 8. The molecule has 0 heterocycles. The van der Waals surface area contributed by atoms with Gasteiger partial charge in [0.2, 0.25) is 0 Å². The zero-order chi connectivity index (χ0) is 18.7. The summed E-state index contributed by atoms with van der Waals surface area (Å²) < 4.78 is 0. The first-order valence-corrected chi connectivity index (χ1v) is 15.2. The van der Waals surface area contributed by atoms with Crippen LogP contribution < -0.4 is 0 Å². The predicted molar refractivity (Wildman–Crippen MR) is 120 cm³/mol. The quantitative estimate of drug-likeness (QED) is 0.377. The minimum atomic E-state index is -1.53. The Bertz CT molecular complexity index is 461. The first-order chi connectivity index (χ1) is 10.9. The molecule has 4 heteroatoms. The van der Waals surface area contributed by atoms with Gasteiger partial charge in [-0.05, 0) is 66.5 Å². The van der Waals surface area contributed by atoms with Crippen LogP contribution in [0.2, 0.25) is 0 Å². The van der Waals surface area contributed by atoms with Gasteiger partial charge in [-0.2, -0.15) is 0 Å². The van der Waals surface area contributed by atoms with Gasteiger partial charge < -0.3 is 0 Å². The number of halogens is 2. The van der Waals surface area contributed by atoms with Crippen molar-refractivity contribution in [2.75, 3.05) is 0 Å². The van der Waals surface area contributed by atoms with Gasteiger partial charge in [-0.1, -0.05) is 24.3 Å². The Morgan fingerprint density at radius 3 is 1.08 bits per heavy atom. The summed E-state index contributed by atoms with van der Waals surface area (Å²) in [6, 6.07) is 8.86. The van der Waals surface area contributed by atoms with Crippen molar-refractivity contribution in [2.24, 2.45) is 0 Å². The first kappa shape index (κ1) is 22.7. The summed E-state index contributed by atoms with van der Waals surface area (Å²) >= 11 is 14.4. The average Bonchev–Trinajstić information content (AvgIpc) is 2.48. The van der Waals surface area contributed by atoms with Gasteiger partial charge in [0.1, 0.15) is 25.6 Å². The van der Waals surface area contributed by atoms with Crippen LogP contribution in [0.1, 0.15) is 66.5 Å². The van der Waals surface area contributed by atoms with E-state index < -0.39 is 13.2 Å². The normalized spacial score (nSPS) is 13.6. The molecular formula is C20H36Cl2P2+2. The van der Waals surface area contributed by atoms with Crippen LogP contribution in [-0.4, -0.2) is 22.6 Å². The van der Waals surface area contributed by atoms with E-state index in [9.17, 15) is 0 Å². The topological polar surface area (TPSA) is 0 Å². The molecule has 0 bridgehead atoms. The van der Waals surface area contributed by atoms with Crippen LogP contribution in [0.15, 0.2) is 24.3 Å². The van der Waals surface area contributed by atoms with E-state index in [0.717, 1.165) is 12.3 Å². The SMILES string of the molecule is CC(C)[P+](Cl)(Cc1ccccc1C[P+](Cl)(C(C)C)C(C)C)C(C)C. The molecule has 138 valence electrons. The lowest BCUT2D eigenvalue weighted by molar-refractivity contribution is 0.976. The minimum absolute atomic E-state index is 0.540. The highest BCUT2D eigenvalue weighted by Gasteiger charge is 2.47. The zero-order valence-electron chi connectivity index (χ0n) is 16.7. The van der Waals surface area contributed by atoms with Crippen LogP contribution in [0.3, 0.4) is 0 Å². The standard InChI is InChI=1S/C20H36Cl2P2/c1-15(2)23(21,16(3)4)13-19-11-9-10-12-20(19)14-24(22,17(5)6)18(7)8/h9-12,15-18H,13-14H2,1-8H3/q+2. The fourth-order valence-electron chi connectivity index (χ4n) is 3.31. The fourth-order valence-corrected chi connectivity index (χ4v) is 9.59. The van der Waals surface area contributed by atoms with Crippen LogP contribution in [-0.2, 0) is 12.3 Å². The van der Waals surface area contributed by atoms with Crippen molar-refractivity contribution in [3.8, 4) is 0 Å². The monoisotopic (exact) mass is 408 g/mol. The van der Waals surface area contributed by atoms with Gasteiger partial charge in [0, 0.05) is 0 Å². The molecule has 0 nitrogen and oxygen atoms in total. The minimum Gasteiger partial charge on any atom is -0.0618 e. The van der Waals surface area contributed by atoms with Gasteiger partial charge in [0.15, 0.2) is 0 Å².